The Bertz CT molecular complexity index is 835. The van der Waals surface area contributed by atoms with Gasteiger partial charge in [0.2, 0.25) is 11.8 Å². The molecule has 2 heterocycles. The van der Waals surface area contributed by atoms with Crippen molar-refractivity contribution in [2.45, 2.75) is 32.2 Å². The number of aryl methyl sites for hydroxylation is 1. The lowest BCUT2D eigenvalue weighted by molar-refractivity contribution is -0.120. The van der Waals surface area contributed by atoms with E-state index in [4.69, 9.17) is 15.0 Å². The summed E-state index contributed by atoms with van der Waals surface area (Å²) in [5.74, 6) is 0.783. The minimum absolute atomic E-state index is 0.0285. The Hall–Kier alpha value is -2.87. The summed E-state index contributed by atoms with van der Waals surface area (Å²) in [5, 5.41) is 3.96. The number of primary amides is 1. The van der Waals surface area contributed by atoms with E-state index >= 15 is 0 Å². The number of nitrogens with two attached hydrogens (primary N) is 1. The third-order valence-corrected chi connectivity index (χ3v) is 4.94. The van der Waals surface area contributed by atoms with Crippen LogP contribution in [-0.2, 0) is 9.59 Å². The third-order valence-electron chi connectivity index (χ3n) is 4.94. The first-order chi connectivity index (χ1) is 13.5. The summed E-state index contributed by atoms with van der Waals surface area (Å²) in [7, 11) is 1.55. The minimum atomic E-state index is -0.455. The van der Waals surface area contributed by atoms with E-state index in [2.05, 4.69) is 10.1 Å². The van der Waals surface area contributed by atoms with Crippen LogP contribution >= 0.6 is 0 Å². The Morgan fingerprint density at radius 1 is 1.39 bits per heavy atom. The summed E-state index contributed by atoms with van der Waals surface area (Å²) in [5.41, 5.74) is 6.77. The van der Waals surface area contributed by atoms with Crippen molar-refractivity contribution in [3.8, 4) is 5.75 Å². The van der Waals surface area contributed by atoms with E-state index < -0.39 is 5.91 Å². The molecular weight excluding hydrogens is 360 g/mol. The van der Waals surface area contributed by atoms with Crippen LogP contribution in [0.2, 0.25) is 0 Å². The van der Waals surface area contributed by atoms with Gasteiger partial charge in [0.15, 0.2) is 5.76 Å². The van der Waals surface area contributed by atoms with Crippen LogP contribution in [0.1, 0.15) is 36.8 Å². The zero-order valence-electron chi connectivity index (χ0n) is 16.3. The van der Waals surface area contributed by atoms with Gasteiger partial charge >= 0.3 is 0 Å². The fourth-order valence-corrected chi connectivity index (χ4v) is 3.59. The van der Waals surface area contributed by atoms with Crippen LogP contribution in [0.25, 0.3) is 0 Å². The second-order valence-corrected chi connectivity index (χ2v) is 6.93. The summed E-state index contributed by atoms with van der Waals surface area (Å²) in [4.78, 5) is 28.2. The highest BCUT2D eigenvalue weighted by molar-refractivity contribution is 5.96. The topological polar surface area (TPSA) is 102 Å². The Morgan fingerprint density at radius 3 is 2.86 bits per heavy atom. The molecule has 28 heavy (non-hydrogen) atoms. The average Bonchev–Trinajstić information content (AvgIpc) is 3.30. The molecule has 150 valence electrons. The minimum Gasteiger partial charge on any atom is -0.495 e. The Labute approximate surface area is 164 Å². The number of amides is 2. The lowest BCUT2D eigenvalue weighted by Crippen LogP contribution is -2.41. The fraction of sp³-hybridized carbons (Fsp3) is 0.450. The first kappa shape index (κ1) is 19.9. The van der Waals surface area contributed by atoms with E-state index in [0.717, 1.165) is 30.8 Å². The van der Waals surface area contributed by atoms with Gasteiger partial charge in [-0.05, 0) is 38.4 Å². The van der Waals surface area contributed by atoms with Gasteiger partial charge in [-0.25, -0.2) is 0 Å². The normalized spacial score (nSPS) is 16.9. The second kappa shape index (κ2) is 8.88. The Kier molecular flexibility index (Phi) is 6.30. The maximum absolute atomic E-state index is 13.2. The number of carbonyl (C=O) groups is 2. The van der Waals surface area contributed by atoms with Gasteiger partial charge in [0.05, 0.1) is 31.1 Å². The van der Waals surface area contributed by atoms with E-state index in [1.165, 1.54) is 0 Å². The van der Waals surface area contributed by atoms with E-state index in [9.17, 15) is 9.59 Å². The largest absolute Gasteiger partial charge is 0.495 e. The van der Waals surface area contributed by atoms with Crippen molar-refractivity contribution in [1.29, 1.82) is 0 Å². The van der Waals surface area contributed by atoms with Crippen LogP contribution in [0.3, 0.4) is 0 Å². The average molecular weight is 386 g/mol. The molecule has 0 radical (unpaired) electrons. The molecule has 1 saturated heterocycles. The summed E-state index contributed by atoms with van der Waals surface area (Å²) in [6.07, 6.45) is 1.97. The molecule has 1 aliphatic heterocycles. The molecule has 0 aliphatic carbocycles. The molecule has 1 aromatic heterocycles. The first-order valence-corrected chi connectivity index (χ1v) is 9.38. The molecule has 1 fully saturated rings. The molecule has 2 amide bonds. The molecule has 2 aromatic rings. The number of methoxy groups -OCH3 is 1. The standard InChI is InChI=1S/C20H26N4O4/c1-14-12-18(28-22-14)15-7-5-10-23(15)13-20(26)24(11-9-19(21)25)16-6-3-4-8-17(16)27-2/h3-4,6,8,12,15H,5,7,9-11,13H2,1-2H3,(H2,21,25)/t15-/m0/s1. The van der Waals surface area contributed by atoms with Gasteiger partial charge < -0.3 is 19.9 Å². The van der Waals surface area contributed by atoms with Crippen LogP contribution < -0.4 is 15.4 Å². The van der Waals surface area contributed by atoms with Crippen LogP contribution in [0.5, 0.6) is 5.75 Å². The number of ether oxygens (including phenoxy) is 1. The van der Waals surface area contributed by atoms with Gasteiger partial charge in [0.25, 0.3) is 0 Å². The van der Waals surface area contributed by atoms with Gasteiger partial charge in [-0.15, -0.1) is 0 Å². The molecule has 0 spiro atoms. The van der Waals surface area contributed by atoms with E-state index in [0.29, 0.717) is 11.4 Å². The monoisotopic (exact) mass is 386 g/mol. The van der Waals surface area contributed by atoms with Gasteiger partial charge in [-0.1, -0.05) is 17.3 Å². The number of carbonyl (C=O) groups excluding carboxylic acids is 2. The van der Waals surface area contributed by atoms with Gasteiger partial charge in [0, 0.05) is 19.0 Å². The molecule has 1 aromatic carbocycles. The molecule has 8 heteroatoms. The number of hydrogen-bond donors (Lipinski definition) is 1. The first-order valence-electron chi connectivity index (χ1n) is 9.38. The zero-order valence-corrected chi connectivity index (χ0v) is 16.3. The summed E-state index contributed by atoms with van der Waals surface area (Å²) >= 11 is 0. The number of likely N-dealkylation sites (tertiary alicyclic amines) is 1. The van der Waals surface area contributed by atoms with Crippen molar-refractivity contribution >= 4 is 17.5 Å². The van der Waals surface area contributed by atoms with E-state index in [-0.39, 0.29) is 31.5 Å². The van der Waals surface area contributed by atoms with Crippen LogP contribution in [-0.4, -0.2) is 48.6 Å². The van der Waals surface area contributed by atoms with Crippen molar-refractivity contribution in [3.63, 3.8) is 0 Å². The number of anilines is 1. The predicted molar refractivity (Wildman–Crippen MR) is 104 cm³/mol. The lowest BCUT2D eigenvalue weighted by atomic mass is 10.1. The maximum atomic E-state index is 13.2. The summed E-state index contributed by atoms with van der Waals surface area (Å²) < 4.78 is 10.8. The number of para-hydroxylation sites is 2. The number of rotatable bonds is 8. The molecular formula is C20H26N4O4. The van der Waals surface area contributed by atoms with Crippen molar-refractivity contribution in [3.05, 3.63) is 41.8 Å². The fourth-order valence-electron chi connectivity index (χ4n) is 3.59. The third kappa shape index (κ3) is 4.51. The zero-order chi connectivity index (χ0) is 20.1. The Balaban J connectivity index is 1.79. The molecule has 0 unspecified atom stereocenters. The maximum Gasteiger partial charge on any atom is 0.241 e. The molecule has 0 saturated carbocycles. The molecule has 2 N–H and O–H groups in total. The highest BCUT2D eigenvalue weighted by atomic mass is 16.5. The number of hydrogen-bond acceptors (Lipinski definition) is 6. The van der Waals surface area contributed by atoms with Crippen molar-refractivity contribution < 1.29 is 18.8 Å². The van der Waals surface area contributed by atoms with Crippen LogP contribution in [0.15, 0.2) is 34.9 Å². The Morgan fingerprint density at radius 2 is 2.18 bits per heavy atom. The predicted octanol–water partition coefficient (Wildman–Crippen LogP) is 2.04. The SMILES string of the molecule is COc1ccccc1N(CCC(N)=O)C(=O)CN1CCC[C@H]1c1cc(C)no1. The van der Waals surface area contributed by atoms with E-state index in [1.54, 1.807) is 24.1 Å². The molecule has 1 aliphatic rings. The number of nitrogens with zero attached hydrogens (tertiary/aromatic N) is 3. The molecule has 1 atom stereocenters. The second-order valence-electron chi connectivity index (χ2n) is 6.93. The van der Waals surface area contributed by atoms with Crippen molar-refractivity contribution in [2.75, 3.05) is 31.6 Å². The van der Waals surface area contributed by atoms with Crippen LogP contribution in [0, 0.1) is 6.92 Å². The number of benzene rings is 1. The van der Waals surface area contributed by atoms with Crippen molar-refractivity contribution in [2.24, 2.45) is 5.73 Å². The smallest absolute Gasteiger partial charge is 0.241 e. The van der Waals surface area contributed by atoms with Gasteiger partial charge in [-0.2, -0.15) is 0 Å². The van der Waals surface area contributed by atoms with E-state index in [1.807, 2.05) is 25.1 Å². The quantitative estimate of drug-likeness (QED) is 0.745. The van der Waals surface area contributed by atoms with Crippen LogP contribution in [0.4, 0.5) is 5.69 Å². The van der Waals surface area contributed by atoms with Crippen molar-refractivity contribution in [1.82, 2.24) is 10.1 Å². The van der Waals surface area contributed by atoms with Gasteiger partial charge in [-0.3, -0.25) is 14.5 Å². The highest BCUT2D eigenvalue weighted by Crippen LogP contribution is 2.33. The molecule has 8 nitrogen and oxygen atoms in total. The summed E-state index contributed by atoms with van der Waals surface area (Å²) in [6, 6.07) is 9.20. The summed E-state index contributed by atoms with van der Waals surface area (Å²) in [6.45, 7) is 3.09. The molecule has 3 rings (SSSR count). The number of aromatic nitrogens is 1. The lowest BCUT2D eigenvalue weighted by Gasteiger charge is -2.28. The van der Waals surface area contributed by atoms with Gasteiger partial charge in [0.1, 0.15) is 5.75 Å². The molecule has 0 bridgehead atoms. The highest BCUT2D eigenvalue weighted by Gasteiger charge is 2.32.